The summed E-state index contributed by atoms with van der Waals surface area (Å²) in [4.78, 5) is 25.1. The van der Waals surface area contributed by atoms with Crippen LogP contribution in [0.25, 0.3) is 0 Å². The summed E-state index contributed by atoms with van der Waals surface area (Å²) in [5, 5.41) is 9.13. The summed E-state index contributed by atoms with van der Waals surface area (Å²) in [7, 11) is 0. The van der Waals surface area contributed by atoms with E-state index in [4.69, 9.17) is 9.63 Å². The molecule has 0 aromatic carbocycles. The van der Waals surface area contributed by atoms with Crippen molar-refractivity contribution in [3.63, 3.8) is 0 Å². The molecular formula is C11H16N2O4. The minimum Gasteiger partial charge on any atom is -0.395 e. The number of aromatic nitrogens is 1. The molecule has 1 N–H and O–H groups in total. The number of carbonyl (C=O) groups is 1. The first-order chi connectivity index (χ1) is 8.11. The number of rotatable bonds is 3. The lowest BCUT2D eigenvalue weighted by Crippen LogP contribution is -2.39. The van der Waals surface area contributed by atoms with Gasteiger partial charge in [0.05, 0.1) is 13.2 Å². The molecular weight excluding hydrogens is 224 g/mol. The molecule has 0 bridgehead atoms. The Hall–Kier alpha value is -1.40. The predicted octanol–water partition coefficient (Wildman–Crippen LogP) is -0.153. The molecule has 1 fully saturated rings. The lowest BCUT2D eigenvalue weighted by atomic mass is 10.2. The summed E-state index contributed by atoms with van der Waals surface area (Å²) in [5.74, 6) is 0.0342. The van der Waals surface area contributed by atoms with Crippen LogP contribution < -0.4 is 5.56 Å². The Morgan fingerprint density at radius 1 is 1.65 bits per heavy atom. The molecule has 1 aromatic heterocycles. The SMILES string of the molecule is Cc1cc(=O)n(C(=O)CN2CCC[C@@H]2CO)o1. The van der Waals surface area contributed by atoms with E-state index in [0.717, 1.165) is 24.1 Å². The average Bonchev–Trinajstić information content (AvgIpc) is 2.84. The van der Waals surface area contributed by atoms with Gasteiger partial charge in [-0.25, -0.2) is 0 Å². The predicted molar refractivity (Wildman–Crippen MR) is 60.0 cm³/mol. The van der Waals surface area contributed by atoms with Crippen molar-refractivity contribution < 1.29 is 14.4 Å². The van der Waals surface area contributed by atoms with Crippen LogP contribution in [0, 0.1) is 6.92 Å². The Labute approximate surface area is 98.4 Å². The maximum atomic E-state index is 11.8. The number of carbonyl (C=O) groups excluding carboxylic acids is 1. The van der Waals surface area contributed by atoms with E-state index in [-0.39, 0.29) is 25.1 Å². The Balaban J connectivity index is 2.07. The monoisotopic (exact) mass is 240 g/mol. The summed E-state index contributed by atoms with van der Waals surface area (Å²) in [6, 6.07) is 1.30. The molecule has 0 radical (unpaired) electrons. The first-order valence-electron chi connectivity index (χ1n) is 5.70. The van der Waals surface area contributed by atoms with Crippen molar-refractivity contribution >= 4 is 5.91 Å². The zero-order chi connectivity index (χ0) is 12.4. The molecule has 1 aliphatic heterocycles. The zero-order valence-corrected chi connectivity index (χ0v) is 9.76. The van der Waals surface area contributed by atoms with E-state index in [0.29, 0.717) is 5.76 Å². The van der Waals surface area contributed by atoms with Gasteiger partial charge in [-0.1, -0.05) is 0 Å². The Morgan fingerprint density at radius 3 is 3.00 bits per heavy atom. The van der Waals surface area contributed by atoms with Gasteiger partial charge in [-0.3, -0.25) is 14.5 Å². The first kappa shape index (κ1) is 12.1. The van der Waals surface area contributed by atoms with Crippen LogP contribution in [0.1, 0.15) is 23.4 Å². The quantitative estimate of drug-likeness (QED) is 0.795. The number of aryl methyl sites for hydroxylation is 1. The van der Waals surface area contributed by atoms with Gasteiger partial charge < -0.3 is 9.63 Å². The molecule has 0 aliphatic carbocycles. The molecule has 1 aromatic rings. The summed E-state index contributed by atoms with van der Waals surface area (Å²) in [5.41, 5.74) is -0.438. The van der Waals surface area contributed by atoms with Crippen LogP contribution in [0.3, 0.4) is 0 Å². The Morgan fingerprint density at radius 2 is 2.41 bits per heavy atom. The zero-order valence-electron chi connectivity index (χ0n) is 9.76. The molecule has 1 saturated heterocycles. The van der Waals surface area contributed by atoms with Gasteiger partial charge in [-0.05, 0) is 26.3 Å². The number of hydrogen-bond donors (Lipinski definition) is 1. The second-order valence-electron chi connectivity index (χ2n) is 4.32. The normalized spacial score (nSPS) is 20.9. The second kappa shape index (κ2) is 4.85. The lowest BCUT2D eigenvalue weighted by Gasteiger charge is -2.20. The van der Waals surface area contributed by atoms with Crippen LogP contribution in [-0.4, -0.2) is 46.4 Å². The van der Waals surface area contributed by atoms with Crippen molar-refractivity contribution in [2.45, 2.75) is 25.8 Å². The third kappa shape index (κ3) is 2.48. The highest BCUT2D eigenvalue weighted by Gasteiger charge is 2.26. The van der Waals surface area contributed by atoms with Gasteiger partial charge in [0.25, 0.3) is 11.5 Å². The van der Waals surface area contributed by atoms with Crippen molar-refractivity contribution in [1.82, 2.24) is 9.64 Å². The van der Waals surface area contributed by atoms with E-state index in [1.807, 2.05) is 4.90 Å². The third-order valence-corrected chi connectivity index (χ3v) is 3.04. The van der Waals surface area contributed by atoms with Crippen LogP contribution in [0.4, 0.5) is 0 Å². The molecule has 0 amide bonds. The number of likely N-dealkylation sites (tertiary alicyclic amines) is 1. The van der Waals surface area contributed by atoms with Gasteiger partial charge in [0.15, 0.2) is 0 Å². The minimum atomic E-state index is -0.438. The van der Waals surface area contributed by atoms with Crippen LogP contribution in [-0.2, 0) is 0 Å². The number of nitrogens with zero attached hydrogens (tertiary/aromatic N) is 2. The van der Waals surface area contributed by atoms with Crippen LogP contribution in [0.2, 0.25) is 0 Å². The highest BCUT2D eigenvalue weighted by molar-refractivity contribution is 5.79. The summed E-state index contributed by atoms with van der Waals surface area (Å²) in [6.45, 7) is 2.54. The largest absolute Gasteiger partial charge is 0.395 e. The second-order valence-corrected chi connectivity index (χ2v) is 4.32. The number of aliphatic hydroxyl groups is 1. The summed E-state index contributed by atoms with van der Waals surface area (Å²) >= 11 is 0. The topological polar surface area (TPSA) is 75.7 Å². The fraction of sp³-hybridized carbons (Fsp3) is 0.636. The molecule has 1 atom stereocenters. The number of hydrogen-bond acceptors (Lipinski definition) is 5. The van der Waals surface area contributed by atoms with E-state index in [2.05, 4.69) is 0 Å². The molecule has 17 heavy (non-hydrogen) atoms. The molecule has 6 nitrogen and oxygen atoms in total. The standard InChI is InChI=1S/C11H16N2O4/c1-8-5-10(15)13(17-8)11(16)6-12-4-2-3-9(12)7-14/h5,9,14H,2-4,6-7H2,1H3/t9-/m1/s1. The molecule has 2 heterocycles. The van der Waals surface area contributed by atoms with E-state index >= 15 is 0 Å². The average molecular weight is 240 g/mol. The Kier molecular flexibility index (Phi) is 3.44. The van der Waals surface area contributed by atoms with Crippen molar-refractivity contribution in [2.75, 3.05) is 19.7 Å². The van der Waals surface area contributed by atoms with Crippen LogP contribution in [0.5, 0.6) is 0 Å². The number of aliphatic hydroxyl groups excluding tert-OH is 1. The summed E-state index contributed by atoms with van der Waals surface area (Å²) in [6.07, 6.45) is 1.85. The van der Waals surface area contributed by atoms with Crippen molar-refractivity contribution in [2.24, 2.45) is 0 Å². The van der Waals surface area contributed by atoms with E-state index < -0.39 is 5.56 Å². The van der Waals surface area contributed by atoms with Gasteiger partial charge in [0.1, 0.15) is 5.76 Å². The maximum absolute atomic E-state index is 11.8. The molecule has 1 aliphatic rings. The Bertz CT molecular complexity index is 462. The van der Waals surface area contributed by atoms with Gasteiger partial charge in [-0.2, -0.15) is 0 Å². The highest BCUT2D eigenvalue weighted by Crippen LogP contribution is 2.16. The van der Waals surface area contributed by atoms with Gasteiger partial charge in [0, 0.05) is 12.1 Å². The van der Waals surface area contributed by atoms with Crippen molar-refractivity contribution in [1.29, 1.82) is 0 Å². The van der Waals surface area contributed by atoms with E-state index in [1.165, 1.54) is 6.07 Å². The maximum Gasteiger partial charge on any atom is 0.290 e. The fourth-order valence-corrected chi connectivity index (χ4v) is 2.17. The van der Waals surface area contributed by atoms with Gasteiger partial charge >= 0.3 is 0 Å². The fourth-order valence-electron chi connectivity index (χ4n) is 2.17. The smallest absolute Gasteiger partial charge is 0.290 e. The van der Waals surface area contributed by atoms with Crippen LogP contribution >= 0.6 is 0 Å². The molecule has 2 rings (SSSR count). The minimum absolute atomic E-state index is 0.0192. The highest BCUT2D eigenvalue weighted by atomic mass is 16.5. The van der Waals surface area contributed by atoms with Crippen molar-refractivity contribution in [3.05, 3.63) is 22.2 Å². The molecule has 0 spiro atoms. The molecule has 0 unspecified atom stereocenters. The van der Waals surface area contributed by atoms with Gasteiger partial charge in [0.2, 0.25) is 0 Å². The first-order valence-corrected chi connectivity index (χ1v) is 5.70. The third-order valence-electron chi connectivity index (χ3n) is 3.04. The van der Waals surface area contributed by atoms with Crippen LogP contribution in [0.15, 0.2) is 15.4 Å². The molecule has 94 valence electrons. The summed E-state index contributed by atoms with van der Waals surface area (Å²) < 4.78 is 5.80. The van der Waals surface area contributed by atoms with E-state index in [9.17, 15) is 9.59 Å². The lowest BCUT2D eigenvalue weighted by molar-refractivity contribution is 0.0678. The van der Waals surface area contributed by atoms with E-state index in [1.54, 1.807) is 6.92 Å². The molecule has 0 saturated carbocycles. The van der Waals surface area contributed by atoms with Gasteiger partial charge in [-0.15, -0.1) is 4.74 Å². The molecule has 6 heteroatoms. The van der Waals surface area contributed by atoms with Crippen molar-refractivity contribution in [3.8, 4) is 0 Å².